The number of nitrogens with zero attached hydrogens (tertiary/aromatic N) is 2. The Morgan fingerprint density at radius 3 is 2.44 bits per heavy atom. The third kappa shape index (κ3) is 4.08. The van der Waals surface area contributed by atoms with Gasteiger partial charge in [-0.05, 0) is 34.1 Å². The van der Waals surface area contributed by atoms with Gasteiger partial charge >= 0.3 is 5.97 Å². The number of benzene rings is 1. The van der Waals surface area contributed by atoms with Gasteiger partial charge < -0.3 is 9.64 Å². The van der Waals surface area contributed by atoms with Crippen LogP contribution < -0.4 is 0 Å². The van der Waals surface area contributed by atoms with Gasteiger partial charge in [-0.2, -0.15) is 4.31 Å². The number of hydrogen-bond acceptors (Lipinski definition) is 6. The van der Waals surface area contributed by atoms with Crippen LogP contribution in [0.5, 0.6) is 0 Å². The molecule has 27 heavy (non-hydrogen) atoms. The molecular weight excluding hydrogens is 456 g/mol. The van der Waals surface area contributed by atoms with Gasteiger partial charge in [-0.1, -0.05) is 12.1 Å². The lowest BCUT2D eigenvalue weighted by molar-refractivity contribution is 0.0600. The molecule has 1 aromatic carbocycles. The third-order valence-corrected chi connectivity index (χ3v) is 8.23. The van der Waals surface area contributed by atoms with Gasteiger partial charge in [0.15, 0.2) is 0 Å². The van der Waals surface area contributed by atoms with E-state index in [4.69, 9.17) is 0 Å². The average Bonchev–Trinajstić information content (AvgIpc) is 3.18. The first-order valence-corrected chi connectivity index (χ1v) is 11.2. The van der Waals surface area contributed by atoms with Crippen LogP contribution in [0.15, 0.2) is 44.4 Å². The topological polar surface area (TPSA) is 84.0 Å². The first-order chi connectivity index (χ1) is 12.8. The number of carbonyl (C=O) groups is 2. The van der Waals surface area contributed by atoms with Gasteiger partial charge in [0.1, 0.15) is 4.21 Å². The Morgan fingerprint density at radius 2 is 1.81 bits per heavy atom. The number of carbonyl (C=O) groups excluding carboxylic acids is 2. The van der Waals surface area contributed by atoms with E-state index in [-0.39, 0.29) is 28.8 Å². The summed E-state index contributed by atoms with van der Waals surface area (Å²) in [6.07, 6.45) is 0. The standard InChI is InChI=1S/C17H17BrN2O5S2/c1-25-17(22)12-10-15(26-11-12)27(23,24)20-8-6-19(7-9-20)16(21)13-4-2-3-5-14(13)18/h2-5,10-11H,6-9H2,1H3. The van der Waals surface area contributed by atoms with Crippen LogP contribution >= 0.6 is 27.3 Å². The zero-order valence-corrected chi connectivity index (χ0v) is 17.6. The summed E-state index contributed by atoms with van der Waals surface area (Å²) in [7, 11) is -2.46. The Balaban J connectivity index is 1.69. The maximum atomic E-state index is 12.8. The summed E-state index contributed by atoms with van der Waals surface area (Å²) in [5.41, 5.74) is 0.763. The van der Waals surface area contributed by atoms with Crippen molar-refractivity contribution in [2.75, 3.05) is 33.3 Å². The van der Waals surface area contributed by atoms with Crippen molar-refractivity contribution in [1.82, 2.24) is 9.21 Å². The van der Waals surface area contributed by atoms with E-state index in [1.54, 1.807) is 23.1 Å². The zero-order chi connectivity index (χ0) is 19.6. The van der Waals surface area contributed by atoms with E-state index in [9.17, 15) is 18.0 Å². The van der Waals surface area contributed by atoms with Gasteiger partial charge in [-0.15, -0.1) is 11.3 Å². The minimum atomic E-state index is -3.71. The average molecular weight is 473 g/mol. The number of methoxy groups -OCH3 is 1. The molecule has 0 saturated carbocycles. The number of halogens is 1. The van der Waals surface area contributed by atoms with Crippen molar-refractivity contribution in [2.45, 2.75) is 4.21 Å². The second-order valence-electron chi connectivity index (χ2n) is 5.82. The molecule has 1 amide bonds. The van der Waals surface area contributed by atoms with E-state index >= 15 is 0 Å². The normalized spacial score (nSPS) is 15.6. The van der Waals surface area contributed by atoms with Crippen molar-refractivity contribution in [3.05, 3.63) is 51.3 Å². The monoisotopic (exact) mass is 472 g/mol. The van der Waals surface area contributed by atoms with Gasteiger partial charge in [-0.3, -0.25) is 4.79 Å². The van der Waals surface area contributed by atoms with Crippen molar-refractivity contribution in [3.63, 3.8) is 0 Å². The summed E-state index contributed by atoms with van der Waals surface area (Å²) in [6.45, 7) is 0.997. The Labute approximate surface area is 169 Å². The fraction of sp³-hybridized carbons (Fsp3) is 0.294. The molecular formula is C17H17BrN2O5S2. The summed E-state index contributed by atoms with van der Waals surface area (Å²) in [6, 6.07) is 8.47. The minimum Gasteiger partial charge on any atom is -0.465 e. The van der Waals surface area contributed by atoms with E-state index in [1.807, 2.05) is 6.07 Å². The fourth-order valence-corrected chi connectivity index (χ4v) is 5.92. The summed E-state index contributed by atoms with van der Waals surface area (Å²) in [5, 5.41) is 1.46. The van der Waals surface area contributed by atoms with Crippen LogP contribution in [0.1, 0.15) is 20.7 Å². The van der Waals surface area contributed by atoms with Crippen LogP contribution in [0.4, 0.5) is 0 Å². The van der Waals surface area contributed by atoms with Crippen molar-refractivity contribution < 1.29 is 22.7 Å². The fourth-order valence-electron chi connectivity index (χ4n) is 2.74. The SMILES string of the molecule is COC(=O)c1csc(S(=O)(=O)N2CCN(C(=O)c3ccccc3Br)CC2)c1. The predicted molar refractivity (Wildman–Crippen MR) is 104 cm³/mol. The van der Waals surface area contributed by atoms with Crippen LogP contribution in [0.2, 0.25) is 0 Å². The molecule has 1 saturated heterocycles. The van der Waals surface area contributed by atoms with Crippen LogP contribution in [0, 0.1) is 0 Å². The molecule has 10 heteroatoms. The van der Waals surface area contributed by atoms with E-state index in [0.29, 0.717) is 23.1 Å². The molecule has 0 aliphatic carbocycles. The molecule has 3 rings (SSSR count). The van der Waals surface area contributed by atoms with Crippen LogP contribution in [0.3, 0.4) is 0 Å². The Morgan fingerprint density at radius 1 is 1.15 bits per heavy atom. The first-order valence-electron chi connectivity index (χ1n) is 8.05. The second kappa shape index (κ2) is 8.09. The van der Waals surface area contributed by atoms with Crippen LogP contribution in [-0.4, -0.2) is 62.8 Å². The van der Waals surface area contributed by atoms with Crippen molar-refractivity contribution in [2.24, 2.45) is 0 Å². The number of hydrogen-bond donors (Lipinski definition) is 0. The summed E-state index contributed by atoms with van der Waals surface area (Å²) in [4.78, 5) is 25.8. The number of ether oxygens (including phenoxy) is 1. The number of sulfonamides is 1. The van der Waals surface area contributed by atoms with Crippen molar-refractivity contribution >= 4 is 49.2 Å². The molecule has 0 N–H and O–H groups in total. The van der Waals surface area contributed by atoms with E-state index in [2.05, 4.69) is 20.7 Å². The van der Waals surface area contributed by atoms with E-state index in [0.717, 1.165) is 11.3 Å². The lowest BCUT2D eigenvalue weighted by atomic mass is 10.2. The Hall–Kier alpha value is -1.75. The Kier molecular flexibility index (Phi) is 5.99. The Bertz CT molecular complexity index is 965. The molecule has 1 aliphatic heterocycles. The highest BCUT2D eigenvalue weighted by atomic mass is 79.9. The molecule has 1 aliphatic rings. The molecule has 0 unspecified atom stereocenters. The largest absolute Gasteiger partial charge is 0.465 e. The zero-order valence-electron chi connectivity index (χ0n) is 14.4. The van der Waals surface area contributed by atoms with Gasteiger partial charge in [0, 0.05) is 36.0 Å². The molecule has 2 heterocycles. The lowest BCUT2D eigenvalue weighted by Gasteiger charge is -2.33. The highest BCUT2D eigenvalue weighted by Crippen LogP contribution is 2.26. The minimum absolute atomic E-state index is 0.0912. The summed E-state index contributed by atoms with van der Waals surface area (Å²) >= 11 is 4.35. The van der Waals surface area contributed by atoms with Gasteiger partial charge in [-0.25, -0.2) is 13.2 Å². The van der Waals surface area contributed by atoms with E-state index in [1.165, 1.54) is 22.9 Å². The van der Waals surface area contributed by atoms with E-state index < -0.39 is 16.0 Å². The van der Waals surface area contributed by atoms with Gasteiger partial charge in [0.05, 0.1) is 18.2 Å². The molecule has 0 atom stereocenters. The molecule has 7 nitrogen and oxygen atoms in total. The van der Waals surface area contributed by atoms with Gasteiger partial charge in [0.2, 0.25) is 0 Å². The van der Waals surface area contributed by atoms with Gasteiger partial charge in [0.25, 0.3) is 15.9 Å². The second-order valence-corrected chi connectivity index (χ2v) is 9.75. The highest BCUT2D eigenvalue weighted by Gasteiger charge is 2.32. The highest BCUT2D eigenvalue weighted by molar-refractivity contribution is 9.10. The summed E-state index contributed by atoms with van der Waals surface area (Å²) < 4.78 is 32.3. The molecule has 0 bridgehead atoms. The van der Waals surface area contributed by atoms with Crippen molar-refractivity contribution in [1.29, 1.82) is 0 Å². The third-order valence-electron chi connectivity index (χ3n) is 4.22. The number of rotatable bonds is 4. The number of amides is 1. The molecule has 1 aromatic heterocycles. The smallest absolute Gasteiger partial charge is 0.338 e. The number of thiophene rings is 1. The van der Waals surface area contributed by atoms with Crippen molar-refractivity contribution in [3.8, 4) is 0 Å². The summed E-state index contributed by atoms with van der Waals surface area (Å²) in [5.74, 6) is -0.708. The predicted octanol–water partition coefficient (Wildman–Crippen LogP) is 2.44. The molecule has 0 spiro atoms. The first kappa shape index (κ1) is 20.0. The molecule has 1 fully saturated rings. The number of esters is 1. The van der Waals surface area contributed by atoms with Crippen LogP contribution in [-0.2, 0) is 14.8 Å². The maximum Gasteiger partial charge on any atom is 0.338 e. The molecule has 2 aromatic rings. The maximum absolute atomic E-state index is 12.8. The van der Waals surface area contributed by atoms with Crippen LogP contribution in [0.25, 0.3) is 0 Å². The molecule has 0 radical (unpaired) electrons. The quantitative estimate of drug-likeness (QED) is 0.638. The lowest BCUT2D eigenvalue weighted by Crippen LogP contribution is -2.50. The molecule has 144 valence electrons. The number of piperazine rings is 1.